The van der Waals surface area contributed by atoms with Gasteiger partial charge in [-0.1, -0.05) is 18.2 Å². The third kappa shape index (κ3) is 2.14. The van der Waals surface area contributed by atoms with Crippen molar-refractivity contribution in [1.29, 1.82) is 0 Å². The van der Waals surface area contributed by atoms with Gasteiger partial charge in [-0.05, 0) is 6.07 Å². The zero-order chi connectivity index (χ0) is 13.2. The molecule has 3 atom stereocenters. The number of rotatable bonds is 3. The molecule has 5 heteroatoms. The van der Waals surface area contributed by atoms with E-state index >= 15 is 0 Å². The molecule has 100 valence electrons. The summed E-state index contributed by atoms with van der Waals surface area (Å²) in [7, 11) is 1.53. The van der Waals surface area contributed by atoms with E-state index in [0.717, 1.165) is 0 Å². The van der Waals surface area contributed by atoms with Gasteiger partial charge in [0.1, 0.15) is 5.82 Å². The lowest BCUT2D eigenvalue weighted by Crippen LogP contribution is -2.59. The van der Waals surface area contributed by atoms with Gasteiger partial charge in [-0.3, -0.25) is 0 Å². The molecular weight excluding hydrogens is 237 g/mol. The average molecular weight is 255 g/mol. The lowest BCUT2D eigenvalue weighted by Gasteiger charge is -2.44. The molecule has 0 aliphatic carbocycles. The number of methoxy groups -OCH3 is 1. The van der Waals surface area contributed by atoms with Crippen molar-refractivity contribution in [1.82, 2.24) is 0 Å². The van der Waals surface area contributed by atoms with Crippen LogP contribution >= 0.6 is 0 Å². The molecule has 18 heavy (non-hydrogen) atoms. The van der Waals surface area contributed by atoms with E-state index in [1.165, 1.54) is 13.2 Å². The number of hydrogen-bond donors (Lipinski definition) is 2. The predicted octanol–water partition coefficient (Wildman–Crippen LogP) is 0.633. The molecule has 4 nitrogen and oxygen atoms in total. The Hall–Kier alpha value is -1.01. The Balaban J connectivity index is 2.41. The van der Waals surface area contributed by atoms with Crippen LogP contribution in [0.15, 0.2) is 24.3 Å². The SMILES string of the molecule is CO[C@H]1COCC(N)(c2ccccc2F)C1CO. The summed E-state index contributed by atoms with van der Waals surface area (Å²) < 4.78 is 24.6. The van der Waals surface area contributed by atoms with Gasteiger partial charge < -0.3 is 20.3 Å². The molecule has 0 bridgehead atoms. The third-order valence-corrected chi connectivity index (χ3v) is 3.61. The summed E-state index contributed by atoms with van der Waals surface area (Å²) in [6, 6.07) is 6.31. The average Bonchev–Trinajstić information content (AvgIpc) is 2.38. The highest BCUT2D eigenvalue weighted by atomic mass is 19.1. The highest BCUT2D eigenvalue weighted by Gasteiger charge is 2.46. The number of nitrogens with two attached hydrogens (primary N) is 1. The Morgan fingerprint density at radius 3 is 2.89 bits per heavy atom. The van der Waals surface area contributed by atoms with E-state index in [1.807, 2.05) is 0 Å². The van der Waals surface area contributed by atoms with Crippen LogP contribution in [0.25, 0.3) is 0 Å². The molecule has 1 aliphatic rings. The quantitative estimate of drug-likeness (QED) is 0.831. The first kappa shape index (κ1) is 13.4. The van der Waals surface area contributed by atoms with E-state index in [0.29, 0.717) is 12.2 Å². The van der Waals surface area contributed by atoms with E-state index in [4.69, 9.17) is 15.2 Å². The van der Waals surface area contributed by atoms with Crippen LogP contribution in [0.2, 0.25) is 0 Å². The van der Waals surface area contributed by atoms with Crippen LogP contribution in [0.1, 0.15) is 5.56 Å². The van der Waals surface area contributed by atoms with Gasteiger partial charge in [0, 0.05) is 18.6 Å². The van der Waals surface area contributed by atoms with Gasteiger partial charge in [-0.25, -0.2) is 4.39 Å². The topological polar surface area (TPSA) is 64.7 Å². The fourth-order valence-electron chi connectivity index (χ4n) is 2.53. The second-order valence-electron chi connectivity index (χ2n) is 4.60. The number of benzene rings is 1. The van der Waals surface area contributed by atoms with Crippen molar-refractivity contribution in [2.24, 2.45) is 11.7 Å². The summed E-state index contributed by atoms with van der Waals surface area (Å²) in [5, 5.41) is 9.54. The van der Waals surface area contributed by atoms with Gasteiger partial charge in [0.15, 0.2) is 0 Å². The smallest absolute Gasteiger partial charge is 0.128 e. The zero-order valence-electron chi connectivity index (χ0n) is 10.3. The Kier molecular flexibility index (Phi) is 3.97. The Morgan fingerprint density at radius 2 is 2.28 bits per heavy atom. The van der Waals surface area contributed by atoms with Crippen LogP contribution < -0.4 is 5.73 Å². The first-order valence-electron chi connectivity index (χ1n) is 5.88. The Morgan fingerprint density at radius 1 is 1.56 bits per heavy atom. The first-order chi connectivity index (χ1) is 8.63. The molecule has 2 unspecified atom stereocenters. The number of halogens is 1. The maximum Gasteiger partial charge on any atom is 0.128 e. The van der Waals surface area contributed by atoms with Gasteiger partial charge in [0.05, 0.1) is 31.5 Å². The molecule has 1 saturated heterocycles. The van der Waals surface area contributed by atoms with Crippen LogP contribution in [0.4, 0.5) is 4.39 Å². The van der Waals surface area contributed by atoms with Crippen molar-refractivity contribution >= 4 is 0 Å². The number of ether oxygens (including phenoxy) is 2. The molecule has 1 heterocycles. The van der Waals surface area contributed by atoms with Crippen molar-refractivity contribution in [2.75, 3.05) is 26.9 Å². The van der Waals surface area contributed by atoms with Crippen LogP contribution in [-0.4, -0.2) is 38.1 Å². The molecule has 1 aromatic carbocycles. The second-order valence-corrected chi connectivity index (χ2v) is 4.60. The summed E-state index contributed by atoms with van der Waals surface area (Å²) >= 11 is 0. The minimum atomic E-state index is -1.07. The summed E-state index contributed by atoms with van der Waals surface area (Å²) in [6.45, 7) is 0.348. The molecule has 0 amide bonds. The van der Waals surface area contributed by atoms with E-state index in [2.05, 4.69) is 0 Å². The molecule has 0 saturated carbocycles. The fraction of sp³-hybridized carbons (Fsp3) is 0.538. The van der Waals surface area contributed by atoms with Gasteiger partial charge in [0.25, 0.3) is 0 Å². The van der Waals surface area contributed by atoms with E-state index in [9.17, 15) is 9.50 Å². The fourth-order valence-corrected chi connectivity index (χ4v) is 2.53. The Labute approximate surface area is 106 Å². The monoisotopic (exact) mass is 255 g/mol. The van der Waals surface area contributed by atoms with Gasteiger partial charge in [-0.2, -0.15) is 0 Å². The summed E-state index contributed by atoms with van der Waals surface area (Å²) in [6.07, 6.45) is -0.339. The van der Waals surface area contributed by atoms with Crippen molar-refractivity contribution in [2.45, 2.75) is 11.6 Å². The Bertz CT molecular complexity index is 415. The molecule has 0 spiro atoms. The van der Waals surface area contributed by atoms with Crippen molar-refractivity contribution in [3.63, 3.8) is 0 Å². The second kappa shape index (κ2) is 5.32. The number of aliphatic hydroxyl groups is 1. The first-order valence-corrected chi connectivity index (χ1v) is 5.88. The molecule has 3 N–H and O–H groups in total. The van der Waals surface area contributed by atoms with Crippen molar-refractivity contribution in [3.8, 4) is 0 Å². The number of hydrogen-bond acceptors (Lipinski definition) is 4. The molecule has 2 rings (SSSR count). The third-order valence-electron chi connectivity index (χ3n) is 3.61. The van der Waals surface area contributed by atoms with Gasteiger partial charge >= 0.3 is 0 Å². The predicted molar refractivity (Wildman–Crippen MR) is 64.5 cm³/mol. The van der Waals surface area contributed by atoms with Crippen LogP contribution in [0, 0.1) is 11.7 Å². The number of aliphatic hydroxyl groups excluding tert-OH is 1. The molecule has 1 fully saturated rings. The molecule has 1 aromatic rings. The normalized spacial score (nSPS) is 32.4. The minimum Gasteiger partial charge on any atom is -0.396 e. The zero-order valence-corrected chi connectivity index (χ0v) is 10.3. The molecule has 1 aliphatic heterocycles. The van der Waals surface area contributed by atoms with Crippen molar-refractivity contribution < 1.29 is 19.0 Å². The van der Waals surface area contributed by atoms with Crippen molar-refractivity contribution in [3.05, 3.63) is 35.6 Å². The van der Waals surface area contributed by atoms with E-state index < -0.39 is 11.5 Å². The van der Waals surface area contributed by atoms with Gasteiger partial charge in [-0.15, -0.1) is 0 Å². The van der Waals surface area contributed by atoms with Crippen LogP contribution in [0.3, 0.4) is 0 Å². The summed E-state index contributed by atoms with van der Waals surface area (Å²) in [4.78, 5) is 0. The van der Waals surface area contributed by atoms with E-state index in [-0.39, 0.29) is 25.1 Å². The largest absolute Gasteiger partial charge is 0.396 e. The highest BCUT2D eigenvalue weighted by Crippen LogP contribution is 2.35. The minimum absolute atomic E-state index is 0.166. The maximum atomic E-state index is 13.9. The molecule has 0 aromatic heterocycles. The standard InChI is InChI=1S/C13H18FNO3/c1-17-12-7-18-8-13(15,10(12)6-16)9-4-2-3-5-11(9)14/h2-5,10,12,16H,6-8,15H2,1H3/t10?,12-,13?/m0/s1. The summed E-state index contributed by atoms with van der Waals surface area (Å²) in [5.74, 6) is -0.785. The lowest BCUT2D eigenvalue weighted by atomic mass is 9.75. The van der Waals surface area contributed by atoms with E-state index in [1.54, 1.807) is 18.2 Å². The summed E-state index contributed by atoms with van der Waals surface area (Å²) in [5.41, 5.74) is 5.58. The van der Waals surface area contributed by atoms with Gasteiger partial charge in [0.2, 0.25) is 0 Å². The van der Waals surface area contributed by atoms with Crippen LogP contribution in [0.5, 0.6) is 0 Å². The van der Waals surface area contributed by atoms with Crippen LogP contribution in [-0.2, 0) is 15.0 Å². The molecule has 0 radical (unpaired) electrons. The lowest BCUT2D eigenvalue weighted by molar-refractivity contribution is -0.122. The highest BCUT2D eigenvalue weighted by molar-refractivity contribution is 5.28. The molecular formula is C13H18FNO3. The maximum absolute atomic E-state index is 13.9.